The molecule has 0 saturated carbocycles. The van der Waals surface area contributed by atoms with Crippen molar-refractivity contribution in [2.75, 3.05) is 30.8 Å². The summed E-state index contributed by atoms with van der Waals surface area (Å²) in [5, 5.41) is 9.17. The molecular weight excluding hydrogens is 292 g/mol. The van der Waals surface area contributed by atoms with Gasteiger partial charge in [0.2, 0.25) is 11.8 Å². The predicted octanol–water partition coefficient (Wildman–Crippen LogP) is 1.41. The molecule has 0 aromatic heterocycles. The van der Waals surface area contributed by atoms with E-state index in [9.17, 15) is 9.59 Å². The van der Waals surface area contributed by atoms with Crippen LogP contribution in [0.5, 0.6) is 0 Å². The van der Waals surface area contributed by atoms with Gasteiger partial charge in [-0.3, -0.25) is 14.9 Å². The molecule has 2 amide bonds. The molecule has 3 rings (SSSR count). The zero-order valence-electron chi connectivity index (χ0n) is 13.5. The van der Waals surface area contributed by atoms with Crippen LogP contribution in [0.4, 0.5) is 11.4 Å². The van der Waals surface area contributed by atoms with Crippen molar-refractivity contribution in [3.63, 3.8) is 0 Å². The van der Waals surface area contributed by atoms with Crippen molar-refractivity contribution in [1.82, 2.24) is 10.2 Å². The van der Waals surface area contributed by atoms with Gasteiger partial charge in [-0.05, 0) is 57.6 Å². The first kappa shape index (κ1) is 15.8. The second-order valence-electron chi connectivity index (χ2n) is 6.45. The third-order valence-electron chi connectivity index (χ3n) is 4.53. The smallest absolute Gasteiger partial charge is 0.249 e. The number of carbonyl (C=O) groups excluding carboxylic acids is 2. The number of piperidine rings is 2. The summed E-state index contributed by atoms with van der Waals surface area (Å²) in [5.41, 5.74) is 1.97. The molecule has 2 saturated heterocycles. The summed E-state index contributed by atoms with van der Waals surface area (Å²) in [6.45, 7) is 2.23. The summed E-state index contributed by atoms with van der Waals surface area (Å²) in [5.74, 6) is -0.430. The molecule has 2 aliphatic heterocycles. The molecule has 2 fully saturated rings. The molecule has 1 aromatic rings. The molecule has 0 bridgehead atoms. The van der Waals surface area contributed by atoms with Crippen LogP contribution < -0.4 is 16.0 Å². The van der Waals surface area contributed by atoms with Gasteiger partial charge in [-0.15, -0.1) is 0 Å². The average molecular weight is 316 g/mol. The van der Waals surface area contributed by atoms with Crippen LogP contribution in [0.1, 0.15) is 25.7 Å². The van der Waals surface area contributed by atoms with E-state index in [4.69, 9.17) is 0 Å². The molecule has 0 spiro atoms. The Morgan fingerprint density at radius 1 is 1.09 bits per heavy atom. The Morgan fingerprint density at radius 3 is 2.48 bits per heavy atom. The van der Waals surface area contributed by atoms with Gasteiger partial charge in [0.1, 0.15) is 6.04 Å². The Balaban J connectivity index is 1.59. The van der Waals surface area contributed by atoms with Gasteiger partial charge >= 0.3 is 0 Å². The molecule has 3 N–H and O–H groups in total. The van der Waals surface area contributed by atoms with E-state index in [0.717, 1.165) is 37.3 Å². The molecule has 2 heterocycles. The zero-order chi connectivity index (χ0) is 16.2. The monoisotopic (exact) mass is 316 g/mol. The van der Waals surface area contributed by atoms with Crippen molar-refractivity contribution < 1.29 is 9.59 Å². The van der Waals surface area contributed by atoms with Crippen molar-refractivity contribution in [3.05, 3.63) is 24.3 Å². The Labute approximate surface area is 136 Å². The molecule has 6 nitrogen and oxygen atoms in total. The van der Waals surface area contributed by atoms with Gasteiger partial charge in [-0.25, -0.2) is 0 Å². The first-order valence-electron chi connectivity index (χ1n) is 8.25. The van der Waals surface area contributed by atoms with Crippen LogP contribution in [0.15, 0.2) is 24.3 Å². The van der Waals surface area contributed by atoms with Crippen LogP contribution in [-0.4, -0.2) is 48.9 Å². The second-order valence-corrected chi connectivity index (χ2v) is 6.45. The average Bonchev–Trinajstić information content (AvgIpc) is 2.53. The maximum Gasteiger partial charge on any atom is 0.249 e. The van der Waals surface area contributed by atoms with E-state index in [1.807, 2.05) is 24.3 Å². The van der Waals surface area contributed by atoms with Gasteiger partial charge in [0.15, 0.2) is 0 Å². The number of amides is 2. The quantitative estimate of drug-likeness (QED) is 0.733. The normalized spacial score (nSPS) is 23.4. The predicted molar refractivity (Wildman–Crippen MR) is 90.4 cm³/mol. The zero-order valence-corrected chi connectivity index (χ0v) is 13.5. The van der Waals surface area contributed by atoms with Crippen molar-refractivity contribution in [2.24, 2.45) is 0 Å². The highest BCUT2D eigenvalue weighted by Crippen LogP contribution is 2.21. The lowest BCUT2D eigenvalue weighted by atomic mass is 10.0. The second kappa shape index (κ2) is 7.00. The molecule has 2 aliphatic rings. The standard InChI is InChI=1S/C17H24N4O2/c1-21-9-7-12(8-10-21)18-13-3-2-4-14(11-13)19-15-5-6-16(22)20-17(15)23/h2-4,11-12,15,18-19H,5-10H2,1H3,(H,20,22,23). The summed E-state index contributed by atoms with van der Waals surface area (Å²) in [4.78, 5) is 25.4. The fraction of sp³-hybridized carbons (Fsp3) is 0.529. The number of likely N-dealkylation sites (tertiary alicyclic amines) is 1. The topological polar surface area (TPSA) is 73.5 Å². The Morgan fingerprint density at radius 2 is 1.78 bits per heavy atom. The van der Waals surface area contributed by atoms with Gasteiger partial charge in [0.05, 0.1) is 0 Å². The number of benzene rings is 1. The first-order chi connectivity index (χ1) is 11.1. The van der Waals surface area contributed by atoms with Crippen LogP contribution in [0, 0.1) is 0 Å². The molecular formula is C17H24N4O2. The third-order valence-corrected chi connectivity index (χ3v) is 4.53. The van der Waals surface area contributed by atoms with Gasteiger partial charge in [0.25, 0.3) is 0 Å². The van der Waals surface area contributed by atoms with Gasteiger partial charge < -0.3 is 15.5 Å². The lowest BCUT2D eigenvalue weighted by Gasteiger charge is -2.30. The van der Waals surface area contributed by atoms with Crippen LogP contribution in [0.25, 0.3) is 0 Å². The van der Waals surface area contributed by atoms with Crippen LogP contribution in [-0.2, 0) is 9.59 Å². The minimum Gasteiger partial charge on any atom is -0.382 e. The number of imide groups is 1. The number of nitrogens with one attached hydrogen (secondary N) is 3. The number of anilines is 2. The number of carbonyl (C=O) groups is 2. The number of hydrogen-bond acceptors (Lipinski definition) is 5. The number of rotatable bonds is 4. The summed E-state index contributed by atoms with van der Waals surface area (Å²) < 4.78 is 0. The molecule has 1 unspecified atom stereocenters. The summed E-state index contributed by atoms with van der Waals surface area (Å²) in [7, 11) is 2.15. The Kier molecular flexibility index (Phi) is 4.81. The molecule has 124 valence electrons. The number of hydrogen-bond donors (Lipinski definition) is 3. The number of nitrogens with zero attached hydrogens (tertiary/aromatic N) is 1. The third kappa shape index (κ3) is 4.22. The van der Waals surface area contributed by atoms with Crippen molar-refractivity contribution in [3.8, 4) is 0 Å². The molecule has 6 heteroatoms. The lowest BCUT2D eigenvalue weighted by molar-refractivity contribution is -0.133. The minimum absolute atomic E-state index is 0.189. The summed E-state index contributed by atoms with van der Waals surface area (Å²) in [6, 6.07) is 8.16. The van der Waals surface area contributed by atoms with E-state index >= 15 is 0 Å². The molecule has 0 radical (unpaired) electrons. The van der Waals surface area contributed by atoms with E-state index in [2.05, 4.69) is 27.9 Å². The van der Waals surface area contributed by atoms with E-state index in [1.165, 1.54) is 0 Å². The highest BCUT2D eigenvalue weighted by Gasteiger charge is 2.26. The van der Waals surface area contributed by atoms with Gasteiger partial charge in [0, 0.05) is 23.8 Å². The highest BCUT2D eigenvalue weighted by atomic mass is 16.2. The first-order valence-corrected chi connectivity index (χ1v) is 8.25. The van der Waals surface area contributed by atoms with E-state index in [1.54, 1.807) is 0 Å². The SMILES string of the molecule is CN1CCC(Nc2cccc(NC3CCC(=O)NC3=O)c2)CC1. The molecule has 1 atom stereocenters. The maximum atomic E-state index is 11.8. The van der Waals surface area contributed by atoms with E-state index in [-0.39, 0.29) is 17.9 Å². The molecule has 23 heavy (non-hydrogen) atoms. The van der Waals surface area contributed by atoms with E-state index < -0.39 is 0 Å². The summed E-state index contributed by atoms with van der Waals surface area (Å²) >= 11 is 0. The maximum absolute atomic E-state index is 11.8. The fourth-order valence-electron chi connectivity index (χ4n) is 3.12. The van der Waals surface area contributed by atoms with Gasteiger partial charge in [-0.2, -0.15) is 0 Å². The van der Waals surface area contributed by atoms with E-state index in [0.29, 0.717) is 18.9 Å². The molecule has 1 aromatic carbocycles. The van der Waals surface area contributed by atoms with Crippen molar-refractivity contribution in [2.45, 2.75) is 37.8 Å². The fourth-order valence-corrected chi connectivity index (χ4v) is 3.12. The summed E-state index contributed by atoms with van der Waals surface area (Å²) in [6.07, 6.45) is 3.21. The van der Waals surface area contributed by atoms with Crippen LogP contribution in [0.2, 0.25) is 0 Å². The Bertz CT molecular complexity index is 582. The minimum atomic E-state index is -0.341. The lowest BCUT2D eigenvalue weighted by Crippen LogP contribution is -2.47. The van der Waals surface area contributed by atoms with Crippen molar-refractivity contribution >= 4 is 23.2 Å². The largest absolute Gasteiger partial charge is 0.382 e. The highest BCUT2D eigenvalue weighted by molar-refractivity contribution is 6.01. The van der Waals surface area contributed by atoms with Crippen LogP contribution in [0.3, 0.4) is 0 Å². The Hall–Kier alpha value is -2.08. The molecule has 0 aliphatic carbocycles. The van der Waals surface area contributed by atoms with Crippen LogP contribution >= 0.6 is 0 Å². The van der Waals surface area contributed by atoms with Crippen molar-refractivity contribution in [1.29, 1.82) is 0 Å². The van der Waals surface area contributed by atoms with Gasteiger partial charge in [-0.1, -0.05) is 6.07 Å².